The summed E-state index contributed by atoms with van der Waals surface area (Å²) in [4.78, 5) is 11.6. The lowest BCUT2D eigenvalue weighted by atomic mass is 10.1. The molecule has 0 bridgehead atoms. The monoisotopic (exact) mass is 314 g/mol. The average molecular weight is 314 g/mol. The van der Waals surface area contributed by atoms with E-state index in [0.29, 0.717) is 31.5 Å². The number of halogens is 1. The van der Waals surface area contributed by atoms with E-state index in [4.69, 9.17) is 0 Å². The Kier molecular flexibility index (Phi) is 5.17. The second-order valence-corrected chi connectivity index (χ2v) is 7.48. The molecule has 0 aliphatic carbocycles. The van der Waals surface area contributed by atoms with Gasteiger partial charge in [-0.15, -0.1) is 0 Å². The molecule has 7 heteroatoms. The van der Waals surface area contributed by atoms with Crippen LogP contribution >= 0.6 is 0 Å². The number of carbonyl (C=O) groups is 1. The first-order valence-corrected chi connectivity index (χ1v) is 8.74. The smallest absolute Gasteiger partial charge is 0.314 e. The normalized spacial score (nSPS) is 20.1. The topological polar surface area (TPSA) is 75.3 Å². The molecule has 0 unspecified atom stereocenters. The summed E-state index contributed by atoms with van der Waals surface area (Å²) in [5.74, 6) is 0.0553. The Morgan fingerprint density at radius 2 is 2.05 bits per heavy atom. The Hall–Kier alpha value is -1.63. The van der Waals surface area contributed by atoms with Gasteiger partial charge >= 0.3 is 6.03 Å². The molecule has 5 nitrogen and oxygen atoms in total. The molecule has 1 fully saturated rings. The number of carbonyl (C=O) groups excluding carboxylic acids is 1. The Morgan fingerprint density at radius 3 is 2.71 bits per heavy atom. The van der Waals surface area contributed by atoms with E-state index in [1.54, 1.807) is 18.2 Å². The van der Waals surface area contributed by atoms with Crippen LogP contribution in [0.3, 0.4) is 0 Å². The lowest BCUT2D eigenvalue weighted by Crippen LogP contribution is -2.39. The van der Waals surface area contributed by atoms with E-state index < -0.39 is 9.84 Å². The van der Waals surface area contributed by atoms with Crippen LogP contribution in [0.5, 0.6) is 0 Å². The summed E-state index contributed by atoms with van der Waals surface area (Å²) in [7, 11) is -2.91. The first-order valence-electron chi connectivity index (χ1n) is 6.92. The molecule has 1 aliphatic rings. The number of sulfone groups is 1. The predicted octanol–water partition coefficient (Wildman–Crippen LogP) is 1.10. The number of amides is 2. The van der Waals surface area contributed by atoms with Gasteiger partial charge in [0.25, 0.3) is 0 Å². The van der Waals surface area contributed by atoms with Crippen LogP contribution in [-0.2, 0) is 16.3 Å². The molecule has 1 aromatic rings. The van der Waals surface area contributed by atoms with Crippen LogP contribution in [0.4, 0.5) is 9.18 Å². The SMILES string of the molecule is O=C(NCCc1ccccc1F)NC[C@@H]1CCS(=O)(=O)C1. The van der Waals surface area contributed by atoms with Gasteiger partial charge in [0.1, 0.15) is 5.82 Å². The quantitative estimate of drug-likeness (QED) is 0.854. The van der Waals surface area contributed by atoms with Crippen molar-refractivity contribution in [3.8, 4) is 0 Å². The van der Waals surface area contributed by atoms with Crippen molar-refractivity contribution in [1.82, 2.24) is 10.6 Å². The maximum atomic E-state index is 13.4. The minimum absolute atomic E-state index is 0.00711. The summed E-state index contributed by atoms with van der Waals surface area (Å²) in [6.45, 7) is 0.681. The molecule has 1 aliphatic heterocycles. The fourth-order valence-corrected chi connectivity index (χ4v) is 4.21. The second kappa shape index (κ2) is 6.89. The highest BCUT2D eigenvalue weighted by Crippen LogP contribution is 2.17. The van der Waals surface area contributed by atoms with Gasteiger partial charge in [-0.25, -0.2) is 17.6 Å². The van der Waals surface area contributed by atoms with Crippen LogP contribution in [0, 0.1) is 11.7 Å². The molecule has 21 heavy (non-hydrogen) atoms. The second-order valence-electron chi connectivity index (χ2n) is 5.25. The predicted molar refractivity (Wildman–Crippen MR) is 78.3 cm³/mol. The lowest BCUT2D eigenvalue weighted by Gasteiger charge is -2.11. The molecule has 1 atom stereocenters. The Balaban J connectivity index is 1.65. The number of hydrogen-bond donors (Lipinski definition) is 2. The van der Waals surface area contributed by atoms with Crippen molar-refractivity contribution in [2.45, 2.75) is 12.8 Å². The van der Waals surface area contributed by atoms with Gasteiger partial charge in [0, 0.05) is 13.1 Å². The van der Waals surface area contributed by atoms with E-state index in [9.17, 15) is 17.6 Å². The number of urea groups is 1. The fraction of sp³-hybridized carbons (Fsp3) is 0.500. The van der Waals surface area contributed by atoms with Gasteiger partial charge in [0.2, 0.25) is 0 Å². The van der Waals surface area contributed by atoms with E-state index in [0.717, 1.165) is 0 Å². The average Bonchev–Trinajstić information content (AvgIpc) is 2.78. The van der Waals surface area contributed by atoms with Crippen LogP contribution < -0.4 is 10.6 Å². The van der Waals surface area contributed by atoms with Crippen LogP contribution in [-0.4, -0.2) is 39.0 Å². The van der Waals surface area contributed by atoms with E-state index >= 15 is 0 Å². The van der Waals surface area contributed by atoms with Gasteiger partial charge in [-0.2, -0.15) is 0 Å². The van der Waals surface area contributed by atoms with E-state index in [-0.39, 0.29) is 29.3 Å². The number of rotatable bonds is 5. The van der Waals surface area contributed by atoms with E-state index in [1.165, 1.54) is 6.07 Å². The van der Waals surface area contributed by atoms with Crippen molar-refractivity contribution in [2.24, 2.45) is 5.92 Å². The molecule has 1 aromatic carbocycles. The zero-order chi connectivity index (χ0) is 15.3. The molecule has 2 N–H and O–H groups in total. The van der Waals surface area contributed by atoms with E-state index in [1.807, 2.05) is 0 Å². The zero-order valence-electron chi connectivity index (χ0n) is 11.6. The fourth-order valence-electron chi connectivity index (χ4n) is 2.34. The van der Waals surface area contributed by atoms with Crippen molar-refractivity contribution in [3.05, 3.63) is 35.6 Å². The maximum absolute atomic E-state index is 13.4. The van der Waals surface area contributed by atoms with Gasteiger partial charge < -0.3 is 10.6 Å². The molecule has 0 aromatic heterocycles. The molecule has 116 valence electrons. The van der Waals surface area contributed by atoms with Crippen molar-refractivity contribution in [1.29, 1.82) is 0 Å². The zero-order valence-corrected chi connectivity index (χ0v) is 12.5. The minimum atomic E-state index is -2.91. The first kappa shape index (κ1) is 15.8. The van der Waals surface area contributed by atoms with Gasteiger partial charge in [0.15, 0.2) is 9.84 Å². The number of hydrogen-bond acceptors (Lipinski definition) is 3. The molecule has 1 heterocycles. The van der Waals surface area contributed by atoms with Gasteiger partial charge in [-0.05, 0) is 30.4 Å². The highest BCUT2D eigenvalue weighted by Gasteiger charge is 2.27. The number of benzene rings is 1. The van der Waals surface area contributed by atoms with E-state index in [2.05, 4.69) is 10.6 Å². The third-order valence-corrected chi connectivity index (χ3v) is 5.35. The third-order valence-electron chi connectivity index (χ3n) is 3.52. The Morgan fingerprint density at radius 1 is 1.29 bits per heavy atom. The number of nitrogens with one attached hydrogen (secondary N) is 2. The lowest BCUT2D eigenvalue weighted by molar-refractivity contribution is 0.239. The highest BCUT2D eigenvalue weighted by atomic mass is 32.2. The summed E-state index contributed by atoms with van der Waals surface area (Å²) in [5, 5.41) is 5.29. The summed E-state index contributed by atoms with van der Waals surface area (Å²) < 4.78 is 35.9. The summed E-state index contributed by atoms with van der Waals surface area (Å²) in [6.07, 6.45) is 1.01. The van der Waals surface area contributed by atoms with Gasteiger partial charge in [-0.1, -0.05) is 18.2 Å². The molecule has 2 rings (SSSR count). The molecular formula is C14H19FN2O3S. The van der Waals surface area contributed by atoms with Crippen LogP contribution in [0.1, 0.15) is 12.0 Å². The molecule has 0 radical (unpaired) electrons. The van der Waals surface area contributed by atoms with Gasteiger partial charge in [-0.3, -0.25) is 0 Å². The molecule has 0 saturated carbocycles. The Labute approximate surface area is 123 Å². The first-order chi connectivity index (χ1) is 9.96. The van der Waals surface area contributed by atoms with Crippen LogP contribution in [0.2, 0.25) is 0 Å². The maximum Gasteiger partial charge on any atom is 0.314 e. The standard InChI is InChI=1S/C14H19FN2O3S/c15-13-4-2-1-3-12(13)5-7-16-14(18)17-9-11-6-8-21(19,20)10-11/h1-4,11H,5-10H2,(H2,16,17,18)/t11-/m0/s1. The minimum Gasteiger partial charge on any atom is -0.338 e. The van der Waals surface area contributed by atoms with Crippen molar-refractivity contribution in [3.63, 3.8) is 0 Å². The molecule has 1 saturated heterocycles. The van der Waals surface area contributed by atoms with Crippen LogP contribution in [0.15, 0.2) is 24.3 Å². The summed E-state index contributed by atoms with van der Waals surface area (Å²) >= 11 is 0. The Bertz CT molecular complexity index is 604. The van der Waals surface area contributed by atoms with Crippen molar-refractivity contribution in [2.75, 3.05) is 24.6 Å². The highest BCUT2D eigenvalue weighted by molar-refractivity contribution is 7.91. The summed E-state index contributed by atoms with van der Waals surface area (Å²) in [6, 6.07) is 6.08. The van der Waals surface area contributed by atoms with Crippen molar-refractivity contribution >= 4 is 15.9 Å². The molecule has 2 amide bonds. The van der Waals surface area contributed by atoms with Crippen LogP contribution in [0.25, 0.3) is 0 Å². The van der Waals surface area contributed by atoms with Crippen molar-refractivity contribution < 1.29 is 17.6 Å². The molecule has 0 spiro atoms. The third kappa shape index (κ3) is 5.00. The van der Waals surface area contributed by atoms with Gasteiger partial charge in [0.05, 0.1) is 11.5 Å². The largest absolute Gasteiger partial charge is 0.338 e. The summed E-state index contributed by atoms with van der Waals surface area (Å²) in [5.41, 5.74) is 0.555. The molecular weight excluding hydrogens is 295 g/mol.